The summed E-state index contributed by atoms with van der Waals surface area (Å²) >= 11 is 0. The summed E-state index contributed by atoms with van der Waals surface area (Å²) in [5.41, 5.74) is 1.01. The molecular formula is C11H15NO2. The highest BCUT2D eigenvalue weighted by Gasteiger charge is 1.94. The van der Waals surface area contributed by atoms with Crippen LogP contribution in [0.2, 0.25) is 0 Å². The van der Waals surface area contributed by atoms with Gasteiger partial charge in [0.25, 0.3) is 0 Å². The Labute approximate surface area is 84.1 Å². The standard InChI is InChI=1S/C11H15NO2/c1-9(8-13)12-7-10-3-5-11(14-2)6-4-10/h3-7,9,13H,8H2,1-2H3/t9-/m0/s1. The van der Waals surface area contributed by atoms with Crippen LogP contribution in [0.15, 0.2) is 29.3 Å². The van der Waals surface area contributed by atoms with Crippen molar-refractivity contribution in [1.82, 2.24) is 0 Å². The maximum atomic E-state index is 8.76. The monoisotopic (exact) mass is 193 g/mol. The topological polar surface area (TPSA) is 41.8 Å². The number of hydrogen-bond donors (Lipinski definition) is 1. The summed E-state index contributed by atoms with van der Waals surface area (Å²) in [7, 11) is 1.64. The average Bonchev–Trinajstić information content (AvgIpc) is 2.26. The number of aliphatic imine (C=N–C) groups is 1. The van der Waals surface area contributed by atoms with Gasteiger partial charge in [0, 0.05) is 6.21 Å². The van der Waals surface area contributed by atoms with E-state index in [-0.39, 0.29) is 12.6 Å². The highest BCUT2D eigenvalue weighted by Crippen LogP contribution is 2.09. The first-order valence-corrected chi connectivity index (χ1v) is 4.54. The molecule has 0 aromatic heterocycles. The van der Waals surface area contributed by atoms with E-state index in [1.54, 1.807) is 13.3 Å². The van der Waals surface area contributed by atoms with Crippen LogP contribution in [0.25, 0.3) is 0 Å². The zero-order valence-corrected chi connectivity index (χ0v) is 8.47. The molecule has 1 N–H and O–H groups in total. The van der Waals surface area contributed by atoms with Gasteiger partial charge in [-0.25, -0.2) is 0 Å². The van der Waals surface area contributed by atoms with E-state index >= 15 is 0 Å². The fourth-order valence-electron chi connectivity index (χ4n) is 0.950. The summed E-state index contributed by atoms with van der Waals surface area (Å²) in [5, 5.41) is 8.76. The first-order chi connectivity index (χ1) is 6.76. The summed E-state index contributed by atoms with van der Waals surface area (Å²) in [5.74, 6) is 0.831. The molecule has 0 aliphatic carbocycles. The number of methoxy groups -OCH3 is 1. The Morgan fingerprint density at radius 2 is 2.07 bits per heavy atom. The van der Waals surface area contributed by atoms with Crippen molar-refractivity contribution >= 4 is 6.21 Å². The second kappa shape index (κ2) is 5.40. The molecule has 0 radical (unpaired) electrons. The van der Waals surface area contributed by atoms with Gasteiger partial charge in [-0.05, 0) is 36.8 Å². The van der Waals surface area contributed by atoms with E-state index in [1.807, 2.05) is 31.2 Å². The van der Waals surface area contributed by atoms with E-state index in [4.69, 9.17) is 9.84 Å². The van der Waals surface area contributed by atoms with Crippen LogP contribution in [0, 0.1) is 0 Å². The molecule has 0 unspecified atom stereocenters. The summed E-state index contributed by atoms with van der Waals surface area (Å²) in [6.45, 7) is 1.94. The van der Waals surface area contributed by atoms with Crippen LogP contribution in [0.1, 0.15) is 12.5 Å². The van der Waals surface area contributed by atoms with Gasteiger partial charge in [-0.3, -0.25) is 4.99 Å². The molecule has 3 heteroatoms. The summed E-state index contributed by atoms with van der Waals surface area (Å²) in [6, 6.07) is 7.56. The highest BCUT2D eigenvalue weighted by molar-refractivity contribution is 5.79. The van der Waals surface area contributed by atoms with Crippen molar-refractivity contribution in [3.8, 4) is 5.75 Å². The predicted molar refractivity (Wildman–Crippen MR) is 57.1 cm³/mol. The van der Waals surface area contributed by atoms with Crippen LogP contribution < -0.4 is 4.74 Å². The van der Waals surface area contributed by atoms with Gasteiger partial charge in [0.2, 0.25) is 0 Å². The first kappa shape index (κ1) is 10.7. The quantitative estimate of drug-likeness (QED) is 0.736. The molecule has 76 valence electrons. The Morgan fingerprint density at radius 3 is 2.57 bits per heavy atom. The van der Waals surface area contributed by atoms with Crippen molar-refractivity contribution in [3.05, 3.63) is 29.8 Å². The van der Waals surface area contributed by atoms with Crippen LogP contribution >= 0.6 is 0 Å². The van der Waals surface area contributed by atoms with Crippen LogP contribution in [-0.4, -0.2) is 31.1 Å². The largest absolute Gasteiger partial charge is 0.497 e. The van der Waals surface area contributed by atoms with Crippen LogP contribution in [0.4, 0.5) is 0 Å². The molecule has 0 spiro atoms. The minimum atomic E-state index is -0.0444. The van der Waals surface area contributed by atoms with Gasteiger partial charge < -0.3 is 9.84 Å². The van der Waals surface area contributed by atoms with Crippen LogP contribution in [0.5, 0.6) is 5.75 Å². The molecular weight excluding hydrogens is 178 g/mol. The van der Waals surface area contributed by atoms with Crippen molar-refractivity contribution in [1.29, 1.82) is 0 Å². The van der Waals surface area contributed by atoms with Crippen molar-refractivity contribution in [2.75, 3.05) is 13.7 Å². The van der Waals surface area contributed by atoms with Crippen LogP contribution in [-0.2, 0) is 0 Å². The lowest BCUT2D eigenvalue weighted by Crippen LogP contribution is -2.03. The number of benzene rings is 1. The second-order valence-electron chi connectivity index (χ2n) is 3.08. The summed E-state index contributed by atoms with van der Waals surface area (Å²) in [6.07, 6.45) is 1.75. The van der Waals surface area contributed by atoms with E-state index in [9.17, 15) is 0 Å². The maximum Gasteiger partial charge on any atom is 0.118 e. The first-order valence-electron chi connectivity index (χ1n) is 4.54. The number of rotatable bonds is 4. The van der Waals surface area contributed by atoms with E-state index < -0.39 is 0 Å². The minimum Gasteiger partial charge on any atom is -0.497 e. The third-order valence-corrected chi connectivity index (χ3v) is 1.86. The molecule has 0 saturated heterocycles. The molecule has 0 amide bonds. The van der Waals surface area contributed by atoms with Gasteiger partial charge in [0.05, 0.1) is 19.8 Å². The van der Waals surface area contributed by atoms with Crippen molar-refractivity contribution in [2.24, 2.45) is 4.99 Å². The lowest BCUT2D eigenvalue weighted by Gasteiger charge is -2.01. The van der Waals surface area contributed by atoms with Crippen molar-refractivity contribution in [2.45, 2.75) is 13.0 Å². The van der Waals surface area contributed by atoms with Gasteiger partial charge in [-0.2, -0.15) is 0 Å². The van der Waals surface area contributed by atoms with E-state index in [2.05, 4.69) is 4.99 Å². The third kappa shape index (κ3) is 3.18. The van der Waals surface area contributed by atoms with E-state index in [0.717, 1.165) is 11.3 Å². The zero-order valence-electron chi connectivity index (χ0n) is 8.47. The number of aliphatic hydroxyl groups excluding tert-OH is 1. The Bertz CT molecular complexity index is 293. The molecule has 0 fully saturated rings. The third-order valence-electron chi connectivity index (χ3n) is 1.86. The number of aliphatic hydroxyl groups is 1. The molecule has 1 aromatic rings. The van der Waals surface area contributed by atoms with Gasteiger partial charge in [-0.1, -0.05) is 0 Å². The average molecular weight is 193 g/mol. The number of hydrogen-bond acceptors (Lipinski definition) is 3. The molecule has 0 aliphatic rings. The highest BCUT2D eigenvalue weighted by atomic mass is 16.5. The number of ether oxygens (including phenoxy) is 1. The number of nitrogens with zero attached hydrogens (tertiary/aromatic N) is 1. The van der Waals surface area contributed by atoms with Gasteiger partial charge in [0.1, 0.15) is 5.75 Å². The lowest BCUT2D eigenvalue weighted by atomic mass is 10.2. The van der Waals surface area contributed by atoms with Crippen LogP contribution in [0.3, 0.4) is 0 Å². The fraction of sp³-hybridized carbons (Fsp3) is 0.364. The Morgan fingerprint density at radius 1 is 1.43 bits per heavy atom. The van der Waals surface area contributed by atoms with E-state index in [1.165, 1.54) is 0 Å². The molecule has 0 heterocycles. The lowest BCUT2D eigenvalue weighted by molar-refractivity contribution is 0.275. The SMILES string of the molecule is COc1ccc(C=N[C@@H](C)CO)cc1. The fourth-order valence-corrected chi connectivity index (χ4v) is 0.950. The molecule has 1 atom stereocenters. The summed E-state index contributed by atoms with van der Waals surface area (Å²) in [4.78, 5) is 4.15. The van der Waals surface area contributed by atoms with Gasteiger partial charge in [-0.15, -0.1) is 0 Å². The Balaban J connectivity index is 2.64. The molecule has 14 heavy (non-hydrogen) atoms. The van der Waals surface area contributed by atoms with E-state index in [0.29, 0.717) is 0 Å². The predicted octanol–water partition coefficient (Wildman–Crippen LogP) is 1.49. The maximum absolute atomic E-state index is 8.76. The van der Waals surface area contributed by atoms with Crippen molar-refractivity contribution < 1.29 is 9.84 Å². The molecule has 1 rings (SSSR count). The molecule has 1 aromatic carbocycles. The smallest absolute Gasteiger partial charge is 0.118 e. The molecule has 0 saturated carbocycles. The Kier molecular flexibility index (Phi) is 4.13. The Hall–Kier alpha value is -1.35. The van der Waals surface area contributed by atoms with Gasteiger partial charge in [0.15, 0.2) is 0 Å². The van der Waals surface area contributed by atoms with Gasteiger partial charge >= 0.3 is 0 Å². The second-order valence-corrected chi connectivity index (χ2v) is 3.08. The molecule has 0 aliphatic heterocycles. The normalized spacial score (nSPS) is 13.1. The molecule has 0 bridgehead atoms. The van der Waals surface area contributed by atoms with Crippen molar-refractivity contribution in [3.63, 3.8) is 0 Å². The molecule has 3 nitrogen and oxygen atoms in total. The minimum absolute atomic E-state index is 0.0444. The summed E-state index contributed by atoms with van der Waals surface area (Å²) < 4.78 is 5.03. The zero-order chi connectivity index (χ0) is 10.4.